The molecule has 2 aliphatic heterocycles. The van der Waals surface area contributed by atoms with E-state index in [1.807, 2.05) is 13.0 Å². The molecule has 2 bridgehead atoms. The summed E-state index contributed by atoms with van der Waals surface area (Å²) in [6.07, 6.45) is 2.79. The van der Waals surface area contributed by atoms with Crippen molar-refractivity contribution in [1.29, 1.82) is 0 Å². The number of aryl methyl sites for hydroxylation is 1. The largest absolute Gasteiger partial charge is 0.355 e. The van der Waals surface area contributed by atoms with Crippen LogP contribution in [0.25, 0.3) is 0 Å². The molecular formula is C19H25N5O. The standard InChI is InChI=1S/C19H25N5O/c1-13-7-18(21-12-20-13)23-9-14-8-15(10-23)17(11-22(2)3)24-16(14)5-4-6-19(24)25/h4-7,12,14-15,17H,8-11H2,1-3H3/t14-,15+,17+/m1/s1. The molecule has 0 N–H and O–H groups in total. The van der Waals surface area contributed by atoms with Gasteiger partial charge in [0.05, 0.1) is 6.04 Å². The highest BCUT2D eigenvalue weighted by molar-refractivity contribution is 5.41. The highest BCUT2D eigenvalue weighted by Gasteiger charge is 2.40. The van der Waals surface area contributed by atoms with Gasteiger partial charge in [-0.15, -0.1) is 0 Å². The van der Waals surface area contributed by atoms with Gasteiger partial charge >= 0.3 is 0 Å². The third-order valence-electron chi connectivity index (χ3n) is 5.46. The van der Waals surface area contributed by atoms with Crippen LogP contribution in [0.2, 0.25) is 0 Å². The van der Waals surface area contributed by atoms with Crippen LogP contribution >= 0.6 is 0 Å². The number of pyridine rings is 1. The molecular weight excluding hydrogens is 314 g/mol. The molecule has 3 atom stereocenters. The van der Waals surface area contributed by atoms with Gasteiger partial charge in [0.1, 0.15) is 12.1 Å². The van der Waals surface area contributed by atoms with Gasteiger partial charge in [0.15, 0.2) is 0 Å². The second-order valence-corrected chi connectivity index (χ2v) is 7.60. The number of fused-ring (bicyclic) bond motifs is 4. The molecule has 4 heterocycles. The lowest BCUT2D eigenvalue weighted by atomic mass is 9.78. The number of hydrogen-bond acceptors (Lipinski definition) is 5. The molecule has 0 amide bonds. The number of hydrogen-bond donors (Lipinski definition) is 0. The number of aromatic nitrogens is 3. The van der Waals surface area contributed by atoms with Crippen molar-refractivity contribution in [2.24, 2.45) is 5.92 Å². The van der Waals surface area contributed by atoms with Gasteiger partial charge in [-0.25, -0.2) is 9.97 Å². The maximum Gasteiger partial charge on any atom is 0.251 e. The van der Waals surface area contributed by atoms with Crippen molar-refractivity contribution in [2.45, 2.75) is 25.3 Å². The molecule has 6 nitrogen and oxygen atoms in total. The fourth-order valence-electron chi connectivity index (χ4n) is 4.45. The van der Waals surface area contributed by atoms with Crippen LogP contribution in [0.4, 0.5) is 5.82 Å². The van der Waals surface area contributed by atoms with Crippen LogP contribution in [-0.2, 0) is 0 Å². The third kappa shape index (κ3) is 2.95. The molecule has 1 saturated heterocycles. The van der Waals surface area contributed by atoms with Gasteiger partial charge < -0.3 is 14.4 Å². The summed E-state index contributed by atoms with van der Waals surface area (Å²) < 4.78 is 2.06. The summed E-state index contributed by atoms with van der Waals surface area (Å²) in [4.78, 5) is 25.9. The number of nitrogens with zero attached hydrogens (tertiary/aromatic N) is 5. The van der Waals surface area contributed by atoms with Gasteiger partial charge in [0.25, 0.3) is 5.56 Å². The topological polar surface area (TPSA) is 54.3 Å². The molecule has 6 heteroatoms. The van der Waals surface area contributed by atoms with Crippen molar-refractivity contribution in [3.05, 3.63) is 52.3 Å². The summed E-state index contributed by atoms with van der Waals surface area (Å²) in [6.45, 7) is 4.72. The second kappa shape index (κ2) is 6.26. The Balaban J connectivity index is 1.75. The van der Waals surface area contributed by atoms with Crippen LogP contribution in [0, 0.1) is 12.8 Å². The quantitative estimate of drug-likeness (QED) is 0.851. The van der Waals surface area contributed by atoms with Gasteiger partial charge in [0, 0.05) is 49.1 Å². The van der Waals surface area contributed by atoms with Crippen LogP contribution in [-0.4, -0.2) is 53.2 Å². The predicted octanol–water partition coefficient (Wildman–Crippen LogP) is 1.67. The highest BCUT2D eigenvalue weighted by Crippen LogP contribution is 2.42. The Morgan fingerprint density at radius 2 is 2.08 bits per heavy atom. The SMILES string of the molecule is Cc1cc(N2C[C@H]3C[C@@H](C2)[C@H](CN(C)C)n2c3cccc2=O)ncn1. The van der Waals surface area contributed by atoms with Gasteiger partial charge in [-0.3, -0.25) is 4.79 Å². The first kappa shape index (κ1) is 16.3. The lowest BCUT2D eigenvalue weighted by molar-refractivity contribution is 0.174. The fourth-order valence-corrected chi connectivity index (χ4v) is 4.45. The lowest BCUT2D eigenvalue weighted by Gasteiger charge is -2.48. The van der Waals surface area contributed by atoms with E-state index in [2.05, 4.69) is 50.6 Å². The number of likely N-dealkylation sites (N-methyl/N-ethyl adjacent to an activating group) is 1. The number of piperidine rings is 1. The third-order valence-corrected chi connectivity index (χ3v) is 5.46. The minimum absolute atomic E-state index is 0.130. The van der Waals surface area contributed by atoms with Crippen molar-refractivity contribution in [3.63, 3.8) is 0 Å². The average Bonchev–Trinajstić information content (AvgIpc) is 2.58. The molecule has 0 spiro atoms. The van der Waals surface area contributed by atoms with Crippen LogP contribution in [0.15, 0.2) is 35.4 Å². The monoisotopic (exact) mass is 339 g/mol. The normalized spacial score (nSPS) is 25.1. The average molecular weight is 339 g/mol. The molecule has 2 aromatic heterocycles. The van der Waals surface area contributed by atoms with Crippen molar-refractivity contribution >= 4 is 5.82 Å². The minimum Gasteiger partial charge on any atom is -0.355 e. The number of rotatable bonds is 3. The molecule has 4 rings (SSSR count). The van der Waals surface area contributed by atoms with Crippen molar-refractivity contribution in [3.8, 4) is 0 Å². The molecule has 132 valence electrons. The Hall–Kier alpha value is -2.21. The Morgan fingerprint density at radius 1 is 1.24 bits per heavy atom. The maximum absolute atomic E-state index is 12.6. The molecule has 0 radical (unpaired) electrons. The molecule has 2 aromatic rings. The first-order chi connectivity index (χ1) is 12.0. The van der Waals surface area contributed by atoms with E-state index >= 15 is 0 Å². The zero-order valence-corrected chi connectivity index (χ0v) is 15.1. The minimum atomic E-state index is 0.130. The van der Waals surface area contributed by atoms with E-state index in [0.29, 0.717) is 11.8 Å². The summed E-state index contributed by atoms with van der Waals surface area (Å²) in [6, 6.07) is 7.98. The second-order valence-electron chi connectivity index (χ2n) is 7.60. The first-order valence-corrected chi connectivity index (χ1v) is 8.92. The van der Waals surface area contributed by atoms with Gasteiger partial charge in [-0.2, -0.15) is 0 Å². The molecule has 1 fully saturated rings. The van der Waals surface area contributed by atoms with Gasteiger partial charge in [0.2, 0.25) is 0 Å². The van der Waals surface area contributed by atoms with Crippen LogP contribution in [0.5, 0.6) is 0 Å². The molecule has 25 heavy (non-hydrogen) atoms. The smallest absolute Gasteiger partial charge is 0.251 e. The summed E-state index contributed by atoms with van der Waals surface area (Å²) in [5.74, 6) is 1.82. The Kier molecular flexibility index (Phi) is 4.07. The summed E-state index contributed by atoms with van der Waals surface area (Å²) >= 11 is 0. The maximum atomic E-state index is 12.6. The molecule has 0 saturated carbocycles. The first-order valence-electron chi connectivity index (χ1n) is 8.92. The number of anilines is 1. The van der Waals surface area contributed by atoms with E-state index in [0.717, 1.165) is 37.6 Å². The summed E-state index contributed by atoms with van der Waals surface area (Å²) in [7, 11) is 4.15. The van der Waals surface area contributed by atoms with Crippen molar-refractivity contribution < 1.29 is 0 Å². The molecule has 0 unspecified atom stereocenters. The predicted molar refractivity (Wildman–Crippen MR) is 98.1 cm³/mol. The highest BCUT2D eigenvalue weighted by atomic mass is 16.1. The van der Waals surface area contributed by atoms with Crippen LogP contribution in [0.1, 0.15) is 29.8 Å². The van der Waals surface area contributed by atoms with Crippen LogP contribution in [0.3, 0.4) is 0 Å². The van der Waals surface area contributed by atoms with E-state index in [9.17, 15) is 4.79 Å². The Bertz CT molecular complexity index is 831. The zero-order chi connectivity index (χ0) is 17.6. The van der Waals surface area contributed by atoms with E-state index < -0.39 is 0 Å². The van der Waals surface area contributed by atoms with Crippen LogP contribution < -0.4 is 10.5 Å². The van der Waals surface area contributed by atoms with Gasteiger partial charge in [-0.05, 0) is 39.4 Å². The Morgan fingerprint density at radius 3 is 2.84 bits per heavy atom. The molecule has 0 aromatic carbocycles. The van der Waals surface area contributed by atoms with Gasteiger partial charge in [-0.1, -0.05) is 6.07 Å². The van der Waals surface area contributed by atoms with E-state index in [-0.39, 0.29) is 11.6 Å². The van der Waals surface area contributed by atoms with Crippen molar-refractivity contribution in [2.75, 3.05) is 38.6 Å². The Labute approximate surface area is 148 Å². The van der Waals surface area contributed by atoms with E-state index in [1.54, 1.807) is 12.4 Å². The summed E-state index contributed by atoms with van der Waals surface area (Å²) in [5, 5.41) is 0. The van der Waals surface area contributed by atoms with E-state index in [1.165, 1.54) is 5.69 Å². The fraction of sp³-hybridized carbons (Fsp3) is 0.526. The lowest BCUT2D eigenvalue weighted by Crippen LogP contribution is -2.51. The van der Waals surface area contributed by atoms with Crippen molar-refractivity contribution in [1.82, 2.24) is 19.4 Å². The van der Waals surface area contributed by atoms with E-state index in [4.69, 9.17) is 0 Å². The zero-order valence-electron chi connectivity index (χ0n) is 15.1. The summed E-state index contributed by atoms with van der Waals surface area (Å²) in [5.41, 5.74) is 2.29. The molecule has 2 aliphatic rings. The molecule has 0 aliphatic carbocycles.